The van der Waals surface area contributed by atoms with Crippen LogP contribution in [0.5, 0.6) is 0 Å². The molecule has 0 spiro atoms. The van der Waals surface area contributed by atoms with Crippen LogP contribution < -0.4 is 0 Å². The molecule has 2 N–H and O–H groups in total. The fourth-order valence-electron chi connectivity index (χ4n) is 3.64. The SMILES string of the molecule is C=N[C@H](C(=O)O)C12CCCC(=CC(C)(O)C1)C2. The molecule has 1 saturated carbocycles. The molecule has 4 nitrogen and oxygen atoms in total. The number of carbonyl (C=O) groups is 1. The van der Waals surface area contributed by atoms with Gasteiger partial charge in [-0.2, -0.15) is 0 Å². The van der Waals surface area contributed by atoms with Crippen LogP contribution in [0.25, 0.3) is 0 Å². The van der Waals surface area contributed by atoms with E-state index >= 15 is 0 Å². The summed E-state index contributed by atoms with van der Waals surface area (Å²) in [5.41, 5.74) is -0.186. The van der Waals surface area contributed by atoms with E-state index in [1.807, 2.05) is 6.08 Å². The quantitative estimate of drug-likeness (QED) is 0.580. The number of allylic oxidation sites excluding steroid dienone is 1. The van der Waals surface area contributed by atoms with Gasteiger partial charge in [0, 0.05) is 5.41 Å². The van der Waals surface area contributed by atoms with E-state index in [4.69, 9.17) is 0 Å². The fourth-order valence-corrected chi connectivity index (χ4v) is 3.64. The molecule has 0 radical (unpaired) electrons. The zero-order valence-electron chi connectivity index (χ0n) is 10.1. The van der Waals surface area contributed by atoms with Crippen molar-refractivity contribution < 1.29 is 15.0 Å². The zero-order valence-corrected chi connectivity index (χ0v) is 10.1. The maximum Gasteiger partial charge on any atom is 0.328 e. The highest BCUT2D eigenvalue weighted by atomic mass is 16.4. The summed E-state index contributed by atoms with van der Waals surface area (Å²) < 4.78 is 0. The number of carboxylic acids is 1. The maximum atomic E-state index is 11.3. The second-order valence-electron chi connectivity index (χ2n) is 5.65. The Balaban J connectivity index is 2.39. The van der Waals surface area contributed by atoms with Crippen LogP contribution in [0.4, 0.5) is 0 Å². The molecular weight excluding hydrogens is 218 g/mol. The number of fused-ring (bicyclic) bond motifs is 2. The molecule has 0 amide bonds. The normalized spacial score (nSPS) is 38.1. The van der Waals surface area contributed by atoms with Gasteiger partial charge in [0.1, 0.15) is 0 Å². The van der Waals surface area contributed by atoms with Crippen molar-refractivity contribution in [3.8, 4) is 0 Å². The summed E-state index contributed by atoms with van der Waals surface area (Å²) in [6, 6.07) is -0.807. The third-order valence-electron chi connectivity index (χ3n) is 3.97. The largest absolute Gasteiger partial charge is 0.480 e. The molecule has 0 heterocycles. The summed E-state index contributed by atoms with van der Waals surface area (Å²) in [4.78, 5) is 15.1. The minimum Gasteiger partial charge on any atom is -0.480 e. The number of aliphatic hydroxyl groups is 1. The molecular formula is C13H19NO3. The Labute approximate surface area is 101 Å². The topological polar surface area (TPSA) is 69.9 Å². The van der Waals surface area contributed by atoms with Crippen LogP contribution in [0, 0.1) is 5.41 Å². The molecule has 0 aliphatic heterocycles. The van der Waals surface area contributed by atoms with E-state index < -0.39 is 23.0 Å². The van der Waals surface area contributed by atoms with Gasteiger partial charge in [0.2, 0.25) is 0 Å². The van der Waals surface area contributed by atoms with Gasteiger partial charge in [-0.1, -0.05) is 11.6 Å². The predicted molar refractivity (Wildman–Crippen MR) is 65.2 cm³/mol. The molecule has 4 heteroatoms. The second kappa shape index (κ2) is 3.95. The Hall–Kier alpha value is -1.16. The number of hydrogen-bond acceptors (Lipinski definition) is 3. The molecule has 2 rings (SSSR count). The van der Waals surface area contributed by atoms with Gasteiger partial charge in [-0.25, -0.2) is 4.79 Å². The van der Waals surface area contributed by atoms with Gasteiger partial charge < -0.3 is 10.2 Å². The number of nitrogens with zero attached hydrogens (tertiary/aromatic N) is 1. The van der Waals surface area contributed by atoms with Crippen molar-refractivity contribution in [3.05, 3.63) is 11.6 Å². The molecule has 2 aliphatic rings. The van der Waals surface area contributed by atoms with Gasteiger partial charge in [-0.15, -0.1) is 0 Å². The average Bonchev–Trinajstić information content (AvgIpc) is 2.14. The first kappa shape index (κ1) is 12.3. The molecule has 3 atom stereocenters. The fraction of sp³-hybridized carbons (Fsp3) is 0.692. The van der Waals surface area contributed by atoms with Gasteiger partial charge in [-0.05, 0) is 45.7 Å². The molecule has 0 saturated heterocycles. The van der Waals surface area contributed by atoms with Crippen molar-refractivity contribution >= 4 is 12.7 Å². The molecule has 1 fully saturated rings. The van der Waals surface area contributed by atoms with E-state index in [2.05, 4.69) is 11.7 Å². The Morgan fingerprint density at radius 2 is 2.35 bits per heavy atom. The van der Waals surface area contributed by atoms with Crippen LogP contribution in [-0.2, 0) is 4.79 Å². The van der Waals surface area contributed by atoms with Crippen molar-refractivity contribution in [2.24, 2.45) is 10.4 Å². The van der Waals surface area contributed by atoms with Gasteiger partial charge >= 0.3 is 5.97 Å². The third kappa shape index (κ3) is 2.14. The highest BCUT2D eigenvalue weighted by Gasteiger charge is 2.50. The van der Waals surface area contributed by atoms with E-state index in [0.717, 1.165) is 25.7 Å². The van der Waals surface area contributed by atoms with Crippen molar-refractivity contribution in [2.45, 2.75) is 50.7 Å². The highest BCUT2D eigenvalue weighted by Crippen LogP contribution is 2.52. The molecule has 2 bridgehead atoms. The number of aliphatic imine (C=N–C) groups is 1. The standard InChI is InChI=1S/C13H19NO3/c1-12(17)6-9-4-3-5-13(7-9,8-12)10(14-2)11(15)16/h6,10,17H,2-5,7-8H2,1H3,(H,15,16)/t10-,12?,13?/m1/s1. The Morgan fingerprint density at radius 1 is 1.65 bits per heavy atom. The first-order valence-electron chi connectivity index (χ1n) is 6.00. The Morgan fingerprint density at radius 3 is 2.94 bits per heavy atom. The van der Waals surface area contributed by atoms with Crippen LogP contribution in [0.3, 0.4) is 0 Å². The lowest BCUT2D eigenvalue weighted by Gasteiger charge is -2.48. The van der Waals surface area contributed by atoms with E-state index in [-0.39, 0.29) is 0 Å². The van der Waals surface area contributed by atoms with Crippen LogP contribution in [0.2, 0.25) is 0 Å². The third-order valence-corrected chi connectivity index (χ3v) is 3.97. The van der Waals surface area contributed by atoms with Crippen LogP contribution in [-0.4, -0.2) is 34.5 Å². The van der Waals surface area contributed by atoms with Crippen LogP contribution >= 0.6 is 0 Å². The number of carboxylic acid groups (broad SMARTS) is 1. The maximum absolute atomic E-state index is 11.3. The smallest absolute Gasteiger partial charge is 0.328 e. The molecule has 0 aromatic heterocycles. The lowest BCUT2D eigenvalue weighted by Crippen LogP contribution is -2.49. The lowest BCUT2D eigenvalue weighted by atomic mass is 9.59. The summed E-state index contributed by atoms with van der Waals surface area (Å²) in [5.74, 6) is -0.932. The molecule has 0 aromatic carbocycles. The van der Waals surface area contributed by atoms with Crippen LogP contribution in [0.15, 0.2) is 16.6 Å². The summed E-state index contributed by atoms with van der Waals surface area (Å²) in [6.07, 6.45) is 5.82. The second-order valence-corrected chi connectivity index (χ2v) is 5.65. The van der Waals surface area contributed by atoms with E-state index in [1.54, 1.807) is 6.92 Å². The summed E-state index contributed by atoms with van der Waals surface area (Å²) >= 11 is 0. The number of aliphatic carboxylic acids is 1. The molecule has 0 aromatic rings. The van der Waals surface area contributed by atoms with Gasteiger partial charge in [0.15, 0.2) is 6.04 Å². The van der Waals surface area contributed by atoms with Crippen molar-refractivity contribution in [3.63, 3.8) is 0 Å². The lowest BCUT2D eigenvalue weighted by molar-refractivity contribution is -0.143. The minimum atomic E-state index is -0.932. The van der Waals surface area contributed by atoms with Crippen LogP contribution in [0.1, 0.15) is 39.0 Å². The molecule has 17 heavy (non-hydrogen) atoms. The molecule has 2 aliphatic carbocycles. The first-order chi connectivity index (χ1) is 7.88. The summed E-state index contributed by atoms with van der Waals surface area (Å²) in [7, 11) is 0. The van der Waals surface area contributed by atoms with Gasteiger partial charge in [-0.3, -0.25) is 4.99 Å². The summed E-state index contributed by atoms with van der Waals surface area (Å²) in [5, 5.41) is 19.5. The van der Waals surface area contributed by atoms with Gasteiger partial charge in [0.25, 0.3) is 0 Å². The van der Waals surface area contributed by atoms with Crippen molar-refractivity contribution in [1.82, 2.24) is 0 Å². The Kier molecular flexibility index (Phi) is 2.86. The first-order valence-corrected chi connectivity index (χ1v) is 6.00. The van der Waals surface area contributed by atoms with E-state index in [1.165, 1.54) is 5.57 Å². The number of hydrogen-bond donors (Lipinski definition) is 2. The van der Waals surface area contributed by atoms with E-state index in [0.29, 0.717) is 6.42 Å². The molecule has 94 valence electrons. The zero-order chi connectivity index (χ0) is 12.7. The summed E-state index contributed by atoms with van der Waals surface area (Å²) in [6.45, 7) is 5.16. The molecule has 2 unspecified atom stereocenters. The number of rotatable bonds is 3. The monoisotopic (exact) mass is 237 g/mol. The Bertz CT molecular complexity index is 386. The van der Waals surface area contributed by atoms with Crippen molar-refractivity contribution in [2.75, 3.05) is 0 Å². The minimum absolute atomic E-state index is 0.445. The van der Waals surface area contributed by atoms with Crippen molar-refractivity contribution in [1.29, 1.82) is 0 Å². The van der Waals surface area contributed by atoms with E-state index in [9.17, 15) is 15.0 Å². The average molecular weight is 237 g/mol. The van der Waals surface area contributed by atoms with Gasteiger partial charge in [0.05, 0.1) is 5.60 Å². The highest BCUT2D eigenvalue weighted by molar-refractivity contribution is 5.76. The predicted octanol–water partition coefficient (Wildman–Crippen LogP) is 1.78.